The summed E-state index contributed by atoms with van der Waals surface area (Å²) in [4.78, 5) is 8.58. The molecular weight excluding hydrogens is 432 g/mol. The van der Waals surface area contributed by atoms with Gasteiger partial charge in [-0.05, 0) is 64.8 Å². The first-order valence-corrected chi connectivity index (χ1v) is 12.1. The molecule has 1 N–H and O–H groups in total. The molecule has 6 rings (SSSR count). The van der Waals surface area contributed by atoms with Gasteiger partial charge in [-0.1, -0.05) is 72.8 Å². The Hall–Kier alpha value is -4.05. The molecule has 0 bridgehead atoms. The third-order valence-corrected chi connectivity index (χ3v) is 6.92. The summed E-state index contributed by atoms with van der Waals surface area (Å²) in [7, 11) is 1.72. The van der Waals surface area contributed by atoms with Crippen LogP contribution in [-0.4, -0.2) is 17.1 Å². The predicted molar refractivity (Wildman–Crippen MR) is 139 cm³/mol. The molecule has 0 radical (unpaired) electrons. The number of imidazole rings is 1. The molecule has 4 heteroatoms. The summed E-state index contributed by atoms with van der Waals surface area (Å²) in [5, 5.41) is 0. The fourth-order valence-corrected chi connectivity index (χ4v) is 5.15. The van der Waals surface area contributed by atoms with Crippen molar-refractivity contribution in [3.05, 3.63) is 125 Å². The van der Waals surface area contributed by atoms with Crippen LogP contribution >= 0.6 is 0 Å². The highest BCUT2D eigenvalue weighted by Crippen LogP contribution is 2.40. The van der Waals surface area contributed by atoms with E-state index < -0.39 is 0 Å². The lowest BCUT2D eigenvalue weighted by molar-refractivity contribution is 0.306. The average molecular weight is 461 g/mol. The summed E-state index contributed by atoms with van der Waals surface area (Å²) < 4.78 is 11.7. The van der Waals surface area contributed by atoms with Gasteiger partial charge in [-0.3, -0.25) is 0 Å². The lowest BCUT2D eigenvalue weighted by Crippen LogP contribution is -2.00. The van der Waals surface area contributed by atoms with Gasteiger partial charge < -0.3 is 14.5 Å². The molecular formula is C31H28N2O2. The number of aromatic nitrogens is 2. The molecule has 35 heavy (non-hydrogen) atoms. The number of methoxy groups -OCH3 is 1. The van der Waals surface area contributed by atoms with Gasteiger partial charge in [-0.15, -0.1) is 0 Å². The minimum absolute atomic E-state index is 0.385. The van der Waals surface area contributed by atoms with Gasteiger partial charge in [0.15, 0.2) is 0 Å². The Morgan fingerprint density at radius 3 is 2.34 bits per heavy atom. The van der Waals surface area contributed by atoms with Crippen LogP contribution in [0.3, 0.4) is 0 Å². The molecule has 0 saturated heterocycles. The van der Waals surface area contributed by atoms with Crippen LogP contribution in [0.1, 0.15) is 39.6 Å². The van der Waals surface area contributed by atoms with E-state index in [-0.39, 0.29) is 0 Å². The van der Waals surface area contributed by atoms with Gasteiger partial charge in [0, 0.05) is 6.42 Å². The molecule has 1 aliphatic carbocycles. The molecule has 0 spiro atoms. The summed E-state index contributed by atoms with van der Waals surface area (Å²) in [5.41, 5.74) is 8.46. The van der Waals surface area contributed by atoms with Gasteiger partial charge in [-0.25, -0.2) is 4.98 Å². The van der Waals surface area contributed by atoms with E-state index in [1.54, 1.807) is 7.11 Å². The molecule has 1 aromatic heterocycles. The number of nitrogens with zero attached hydrogens (tertiary/aromatic N) is 1. The zero-order chi connectivity index (χ0) is 23.6. The van der Waals surface area contributed by atoms with Crippen molar-refractivity contribution in [3.8, 4) is 11.5 Å². The molecule has 4 aromatic carbocycles. The lowest BCUT2D eigenvalue weighted by atomic mass is 9.95. The topological polar surface area (TPSA) is 47.1 Å². The molecule has 174 valence electrons. The Balaban J connectivity index is 1.25. The molecule has 1 unspecified atom stereocenters. The molecule has 1 aliphatic rings. The highest BCUT2D eigenvalue weighted by molar-refractivity contribution is 5.85. The highest BCUT2D eigenvalue weighted by Gasteiger charge is 2.26. The molecule has 0 fully saturated rings. The van der Waals surface area contributed by atoms with E-state index in [0.717, 1.165) is 47.6 Å². The summed E-state index contributed by atoms with van der Waals surface area (Å²) in [5.74, 6) is 3.11. The molecule has 0 aliphatic heterocycles. The SMILES string of the molecule is COc1ccc(C2Cc3ccc(OCc4ccccc4)cc3C2)c2nc(Cc3ccccc3)[nH]c12. The first-order valence-electron chi connectivity index (χ1n) is 12.1. The molecule has 4 nitrogen and oxygen atoms in total. The van der Waals surface area contributed by atoms with Crippen LogP contribution in [-0.2, 0) is 25.9 Å². The first kappa shape index (κ1) is 21.5. The van der Waals surface area contributed by atoms with Crippen molar-refractivity contribution >= 4 is 11.0 Å². The second-order valence-corrected chi connectivity index (χ2v) is 9.24. The number of fused-ring (bicyclic) bond motifs is 2. The smallest absolute Gasteiger partial charge is 0.144 e. The average Bonchev–Trinajstić information content (AvgIpc) is 3.52. The van der Waals surface area contributed by atoms with Crippen LogP contribution in [0.4, 0.5) is 0 Å². The number of benzene rings is 4. The number of nitrogens with one attached hydrogen (secondary N) is 1. The standard InChI is InChI=1S/C31H28N2O2/c1-34-28-15-14-27(30-31(28)33-29(32-30)16-21-8-4-2-5-9-21)25-17-23-12-13-26(19-24(23)18-25)35-20-22-10-6-3-7-11-22/h2-15,19,25H,16-18,20H2,1H3,(H,32,33). The first-order chi connectivity index (χ1) is 17.3. The van der Waals surface area contributed by atoms with Crippen LogP contribution in [0.2, 0.25) is 0 Å². The van der Waals surface area contributed by atoms with Crippen molar-refractivity contribution < 1.29 is 9.47 Å². The third-order valence-electron chi connectivity index (χ3n) is 6.92. The van der Waals surface area contributed by atoms with Crippen molar-refractivity contribution in [2.45, 2.75) is 31.8 Å². The monoisotopic (exact) mass is 460 g/mol. The normalized spacial score (nSPS) is 14.7. The van der Waals surface area contributed by atoms with E-state index >= 15 is 0 Å². The molecule has 5 aromatic rings. The fraction of sp³-hybridized carbons (Fsp3) is 0.194. The highest BCUT2D eigenvalue weighted by atomic mass is 16.5. The van der Waals surface area contributed by atoms with Gasteiger partial charge in [0.05, 0.1) is 12.6 Å². The van der Waals surface area contributed by atoms with Crippen LogP contribution in [0.15, 0.2) is 91.0 Å². The summed E-state index contributed by atoms with van der Waals surface area (Å²) >= 11 is 0. The molecule has 1 atom stereocenters. The van der Waals surface area contributed by atoms with E-state index in [2.05, 4.69) is 71.7 Å². The number of rotatable bonds is 7. The van der Waals surface area contributed by atoms with E-state index in [0.29, 0.717) is 12.5 Å². The van der Waals surface area contributed by atoms with Crippen LogP contribution in [0.5, 0.6) is 11.5 Å². The Morgan fingerprint density at radius 2 is 1.57 bits per heavy atom. The minimum Gasteiger partial charge on any atom is -0.494 e. The zero-order valence-electron chi connectivity index (χ0n) is 19.8. The number of ether oxygens (including phenoxy) is 2. The largest absolute Gasteiger partial charge is 0.494 e. The minimum atomic E-state index is 0.385. The molecule has 0 amide bonds. The maximum absolute atomic E-state index is 6.08. The van der Waals surface area contributed by atoms with Crippen LogP contribution in [0.25, 0.3) is 11.0 Å². The predicted octanol–water partition coefficient (Wildman–Crippen LogP) is 6.62. The number of H-pyrrole nitrogens is 1. The van der Waals surface area contributed by atoms with Gasteiger partial charge in [0.1, 0.15) is 29.4 Å². The number of hydrogen-bond donors (Lipinski definition) is 1. The van der Waals surface area contributed by atoms with Crippen molar-refractivity contribution in [1.29, 1.82) is 0 Å². The zero-order valence-corrected chi connectivity index (χ0v) is 19.8. The molecule has 0 saturated carbocycles. The maximum atomic E-state index is 6.08. The number of aromatic amines is 1. The summed E-state index contributed by atoms with van der Waals surface area (Å²) in [6, 6.07) is 31.5. The third kappa shape index (κ3) is 4.40. The van der Waals surface area contributed by atoms with Crippen LogP contribution < -0.4 is 9.47 Å². The Labute approximate surface area is 205 Å². The van der Waals surface area contributed by atoms with Crippen LogP contribution in [0, 0.1) is 0 Å². The number of hydrogen-bond acceptors (Lipinski definition) is 3. The quantitative estimate of drug-likeness (QED) is 0.297. The van der Waals surface area contributed by atoms with Crippen molar-refractivity contribution in [1.82, 2.24) is 9.97 Å². The van der Waals surface area contributed by atoms with Crippen molar-refractivity contribution in [3.63, 3.8) is 0 Å². The lowest BCUT2D eigenvalue weighted by Gasteiger charge is -2.12. The van der Waals surface area contributed by atoms with Gasteiger partial charge in [-0.2, -0.15) is 0 Å². The van der Waals surface area contributed by atoms with E-state index in [1.165, 1.54) is 27.8 Å². The van der Waals surface area contributed by atoms with E-state index in [4.69, 9.17) is 14.5 Å². The van der Waals surface area contributed by atoms with Gasteiger partial charge in [0.25, 0.3) is 0 Å². The van der Waals surface area contributed by atoms with E-state index in [1.807, 2.05) is 24.3 Å². The fourth-order valence-electron chi connectivity index (χ4n) is 5.15. The Morgan fingerprint density at radius 1 is 0.829 bits per heavy atom. The second-order valence-electron chi connectivity index (χ2n) is 9.24. The van der Waals surface area contributed by atoms with Crippen molar-refractivity contribution in [2.24, 2.45) is 0 Å². The Bertz CT molecular complexity index is 1460. The Kier molecular flexibility index (Phi) is 5.71. The second kappa shape index (κ2) is 9.30. The molecule has 1 heterocycles. The summed E-state index contributed by atoms with van der Waals surface area (Å²) in [6.45, 7) is 0.583. The maximum Gasteiger partial charge on any atom is 0.144 e. The van der Waals surface area contributed by atoms with Gasteiger partial charge in [0.2, 0.25) is 0 Å². The van der Waals surface area contributed by atoms with Gasteiger partial charge >= 0.3 is 0 Å². The van der Waals surface area contributed by atoms with E-state index in [9.17, 15) is 0 Å². The summed E-state index contributed by atoms with van der Waals surface area (Å²) in [6.07, 6.45) is 2.77. The van der Waals surface area contributed by atoms with Crippen molar-refractivity contribution in [2.75, 3.05) is 7.11 Å².